The highest BCUT2D eigenvalue weighted by molar-refractivity contribution is 7.99. The first kappa shape index (κ1) is 19.1. The van der Waals surface area contributed by atoms with Crippen LogP contribution in [0.2, 0.25) is 0 Å². The van der Waals surface area contributed by atoms with Gasteiger partial charge in [0.1, 0.15) is 11.6 Å². The number of amides is 1. The van der Waals surface area contributed by atoms with Crippen molar-refractivity contribution in [2.24, 2.45) is 0 Å². The number of carboxylic acids is 1. The lowest BCUT2D eigenvalue weighted by Gasteiger charge is -2.30. The number of hydrogen-bond donors (Lipinski definition) is 2. The van der Waals surface area contributed by atoms with E-state index in [-0.39, 0.29) is 11.9 Å². The fourth-order valence-corrected chi connectivity index (χ4v) is 2.97. The highest BCUT2D eigenvalue weighted by atomic mass is 32.2. The van der Waals surface area contributed by atoms with Gasteiger partial charge in [0.15, 0.2) is 0 Å². The molecular weight excluding hydrogens is 308 g/mol. The average Bonchev–Trinajstić information content (AvgIpc) is 2.35. The molecule has 1 rings (SSSR count). The van der Waals surface area contributed by atoms with Crippen LogP contribution in [-0.4, -0.2) is 78.1 Å². The summed E-state index contributed by atoms with van der Waals surface area (Å²) in [5.41, 5.74) is -0.652. The fourth-order valence-electron chi connectivity index (χ4n) is 1.91. The van der Waals surface area contributed by atoms with Gasteiger partial charge in [-0.1, -0.05) is 0 Å². The van der Waals surface area contributed by atoms with Crippen molar-refractivity contribution in [2.75, 3.05) is 38.2 Å². The van der Waals surface area contributed by atoms with Gasteiger partial charge < -0.3 is 24.8 Å². The Morgan fingerprint density at radius 2 is 2.18 bits per heavy atom. The number of morpholine rings is 1. The third-order valence-corrected chi connectivity index (χ3v) is 4.10. The molecule has 0 aromatic rings. The van der Waals surface area contributed by atoms with Gasteiger partial charge in [-0.15, -0.1) is 0 Å². The monoisotopic (exact) mass is 334 g/mol. The molecular formula is C14H26N2O5S. The Hall–Kier alpha value is -0.990. The zero-order valence-electron chi connectivity index (χ0n) is 13.6. The normalized spacial score (nSPS) is 21.2. The van der Waals surface area contributed by atoms with Gasteiger partial charge >= 0.3 is 12.1 Å². The summed E-state index contributed by atoms with van der Waals surface area (Å²) in [6.45, 7) is 7.64. The number of rotatable bonds is 6. The van der Waals surface area contributed by atoms with E-state index in [0.717, 1.165) is 13.1 Å². The minimum Gasteiger partial charge on any atom is -0.480 e. The molecule has 0 spiro atoms. The van der Waals surface area contributed by atoms with Crippen LogP contribution in [0.15, 0.2) is 0 Å². The lowest BCUT2D eigenvalue weighted by Crippen LogP contribution is -2.45. The Kier molecular flexibility index (Phi) is 7.44. The average molecular weight is 334 g/mol. The van der Waals surface area contributed by atoms with Crippen molar-refractivity contribution in [2.45, 2.75) is 38.5 Å². The Morgan fingerprint density at radius 3 is 2.73 bits per heavy atom. The van der Waals surface area contributed by atoms with Gasteiger partial charge in [0, 0.05) is 24.6 Å². The highest BCUT2D eigenvalue weighted by Gasteiger charge is 2.25. The Balaban J connectivity index is 2.35. The second-order valence-corrected chi connectivity index (χ2v) is 7.40. The third kappa shape index (κ3) is 7.86. The molecule has 2 unspecified atom stereocenters. The lowest BCUT2D eigenvalue weighted by atomic mass is 10.2. The molecule has 2 atom stereocenters. The van der Waals surface area contributed by atoms with Crippen LogP contribution in [0.1, 0.15) is 20.8 Å². The minimum atomic E-state index is -1.07. The van der Waals surface area contributed by atoms with E-state index in [4.69, 9.17) is 9.47 Å². The summed E-state index contributed by atoms with van der Waals surface area (Å²) in [7, 11) is 2.03. The van der Waals surface area contributed by atoms with Gasteiger partial charge in [-0.3, -0.25) is 0 Å². The van der Waals surface area contributed by atoms with Crippen LogP contribution in [0.25, 0.3) is 0 Å². The lowest BCUT2D eigenvalue weighted by molar-refractivity contribution is -0.138. The number of likely N-dealkylation sites (N-methyl/N-ethyl adjacent to an activating group) is 1. The van der Waals surface area contributed by atoms with E-state index in [9.17, 15) is 14.7 Å². The Labute approximate surface area is 135 Å². The molecule has 2 N–H and O–H groups in total. The SMILES string of the molecule is CN1CCOC(CSCC(NC(=O)OC(C)(C)C)C(=O)O)C1. The third-order valence-electron chi connectivity index (χ3n) is 2.92. The molecule has 0 aromatic carbocycles. The molecule has 1 aliphatic rings. The summed E-state index contributed by atoms with van der Waals surface area (Å²) in [5, 5.41) is 11.6. The largest absolute Gasteiger partial charge is 0.480 e. The molecule has 1 heterocycles. The molecule has 128 valence electrons. The number of thioether (sulfide) groups is 1. The van der Waals surface area contributed by atoms with E-state index in [0.29, 0.717) is 12.4 Å². The molecule has 0 aromatic heterocycles. The second-order valence-electron chi connectivity index (χ2n) is 6.33. The van der Waals surface area contributed by atoms with Crippen molar-refractivity contribution < 1.29 is 24.2 Å². The molecule has 0 saturated carbocycles. The molecule has 0 aliphatic carbocycles. The van der Waals surface area contributed by atoms with Crippen molar-refractivity contribution in [1.29, 1.82) is 0 Å². The van der Waals surface area contributed by atoms with Crippen LogP contribution in [0.3, 0.4) is 0 Å². The summed E-state index contributed by atoms with van der Waals surface area (Å²) in [6, 6.07) is -0.971. The van der Waals surface area contributed by atoms with Crippen molar-refractivity contribution in [3.63, 3.8) is 0 Å². The quantitative estimate of drug-likeness (QED) is 0.750. The molecule has 1 saturated heterocycles. The maximum absolute atomic E-state index is 11.6. The van der Waals surface area contributed by atoms with E-state index < -0.39 is 23.7 Å². The van der Waals surface area contributed by atoms with E-state index in [1.165, 1.54) is 11.8 Å². The van der Waals surface area contributed by atoms with Crippen molar-refractivity contribution in [1.82, 2.24) is 10.2 Å². The summed E-state index contributed by atoms with van der Waals surface area (Å²) < 4.78 is 10.7. The highest BCUT2D eigenvalue weighted by Crippen LogP contribution is 2.13. The first-order valence-electron chi connectivity index (χ1n) is 7.27. The van der Waals surface area contributed by atoms with E-state index >= 15 is 0 Å². The number of ether oxygens (including phenoxy) is 2. The Morgan fingerprint density at radius 1 is 1.50 bits per heavy atom. The molecule has 1 amide bonds. The number of alkyl carbamates (subject to hydrolysis) is 1. The number of nitrogens with zero attached hydrogens (tertiary/aromatic N) is 1. The fraction of sp³-hybridized carbons (Fsp3) is 0.857. The topological polar surface area (TPSA) is 88.1 Å². The van der Waals surface area contributed by atoms with E-state index in [1.807, 2.05) is 7.05 Å². The summed E-state index contributed by atoms with van der Waals surface area (Å²) in [4.78, 5) is 25.0. The maximum Gasteiger partial charge on any atom is 0.408 e. The molecule has 0 bridgehead atoms. The maximum atomic E-state index is 11.6. The first-order chi connectivity index (χ1) is 10.2. The molecule has 1 fully saturated rings. The van der Waals surface area contributed by atoms with Crippen molar-refractivity contribution >= 4 is 23.8 Å². The van der Waals surface area contributed by atoms with Crippen LogP contribution in [0.4, 0.5) is 4.79 Å². The van der Waals surface area contributed by atoms with E-state index in [2.05, 4.69) is 10.2 Å². The number of carboxylic acid groups (broad SMARTS) is 1. The van der Waals surface area contributed by atoms with Gasteiger partial charge in [-0.25, -0.2) is 9.59 Å². The van der Waals surface area contributed by atoms with Crippen LogP contribution < -0.4 is 5.32 Å². The molecule has 7 nitrogen and oxygen atoms in total. The zero-order valence-corrected chi connectivity index (χ0v) is 14.4. The predicted molar refractivity (Wildman–Crippen MR) is 85.4 cm³/mol. The van der Waals surface area contributed by atoms with Gasteiger partial charge in [0.2, 0.25) is 0 Å². The van der Waals surface area contributed by atoms with Crippen molar-refractivity contribution in [3.8, 4) is 0 Å². The zero-order chi connectivity index (χ0) is 16.8. The van der Waals surface area contributed by atoms with Crippen LogP contribution in [0.5, 0.6) is 0 Å². The Bertz CT molecular complexity index is 386. The van der Waals surface area contributed by atoms with Crippen LogP contribution in [-0.2, 0) is 14.3 Å². The van der Waals surface area contributed by atoms with Crippen LogP contribution in [0, 0.1) is 0 Å². The molecule has 1 aliphatic heterocycles. The number of carbonyl (C=O) groups excluding carboxylic acids is 1. The number of aliphatic carboxylic acids is 1. The number of hydrogen-bond acceptors (Lipinski definition) is 6. The summed E-state index contributed by atoms with van der Waals surface area (Å²) in [6.07, 6.45) is -0.617. The second kappa shape index (κ2) is 8.59. The minimum absolute atomic E-state index is 0.0970. The van der Waals surface area contributed by atoms with Crippen molar-refractivity contribution in [3.05, 3.63) is 0 Å². The van der Waals surface area contributed by atoms with Gasteiger partial charge in [-0.05, 0) is 27.8 Å². The first-order valence-corrected chi connectivity index (χ1v) is 8.43. The molecule has 8 heteroatoms. The standard InChI is InChI=1S/C14H26N2O5S/c1-14(2,3)21-13(19)15-11(12(17)18)9-22-8-10-7-16(4)5-6-20-10/h10-11H,5-9H2,1-4H3,(H,15,19)(H,17,18). The van der Waals surface area contributed by atoms with Gasteiger partial charge in [0.25, 0.3) is 0 Å². The van der Waals surface area contributed by atoms with E-state index in [1.54, 1.807) is 20.8 Å². The van der Waals surface area contributed by atoms with Gasteiger partial charge in [-0.2, -0.15) is 11.8 Å². The van der Waals surface area contributed by atoms with Gasteiger partial charge in [0.05, 0.1) is 12.7 Å². The molecule has 22 heavy (non-hydrogen) atoms. The summed E-state index contributed by atoms with van der Waals surface area (Å²) >= 11 is 1.46. The number of nitrogens with one attached hydrogen (secondary N) is 1. The smallest absolute Gasteiger partial charge is 0.408 e. The number of carbonyl (C=O) groups is 2. The molecule has 0 radical (unpaired) electrons. The predicted octanol–water partition coefficient (Wildman–Crippen LogP) is 1.03. The van der Waals surface area contributed by atoms with Crippen LogP contribution >= 0.6 is 11.8 Å². The summed E-state index contributed by atoms with van der Waals surface area (Å²) in [5.74, 6) is -0.0949.